The number of nitrogens with one attached hydrogen (secondary N) is 1. The molecule has 1 N–H and O–H groups in total. The number of ether oxygens (including phenoxy) is 1. The summed E-state index contributed by atoms with van der Waals surface area (Å²) in [4.78, 5) is 26.4. The van der Waals surface area contributed by atoms with E-state index in [1.807, 2.05) is 50.4 Å². The molecule has 0 radical (unpaired) electrons. The fourth-order valence-corrected chi connectivity index (χ4v) is 2.94. The molecule has 0 aromatic heterocycles. The number of carbonyl (C=O) groups excluding carboxylic acids is 2. The van der Waals surface area contributed by atoms with Crippen LogP contribution in [0.5, 0.6) is 0 Å². The maximum atomic E-state index is 12.5. The van der Waals surface area contributed by atoms with Crippen LogP contribution in [0, 0.1) is 17.4 Å². The van der Waals surface area contributed by atoms with Gasteiger partial charge in [-0.05, 0) is 30.7 Å². The van der Waals surface area contributed by atoms with Crippen LogP contribution in [0.4, 0.5) is 0 Å². The fourth-order valence-electron chi connectivity index (χ4n) is 2.94. The van der Waals surface area contributed by atoms with Crippen molar-refractivity contribution in [1.82, 2.24) is 10.2 Å². The molecule has 2 rings (SSSR count). The number of carbonyl (C=O) groups is 2. The van der Waals surface area contributed by atoms with Crippen LogP contribution in [0.3, 0.4) is 0 Å². The Morgan fingerprint density at radius 3 is 2.72 bits per heavy atom. The summed E-state index contributed by atoms with van der Waals surface area (Å²) in [5.41, 5.74) is 0.900. The van der Waals surface area contributed by atoms with Gasteiger partial charge in [-0.25, -0.2) is 4.79 Å². The third-order valence-electron chi connectivity index (χ3n) is 4.22. The van der Waals surface area contributed by atoms with Gasteiger partial charge in [-0.1, -0.05) is 44.2 Å². The standard InChI is InChI=1S/C19H25N3O3/c1-14(2)11-16(19(24)25-12-15-7-4-3-5-8-15)21-18(23)17-9-6-10-22(17)13-20/h3-5,7-8,14,16-17H,6,9-12H2,1-2H3,(H,21,23). The average molecular weight is 343 g/mol. The molecule has 1 fully saturated rings. The van der Waals surface area contributed by atoms with Crippen molar-refractivity contribution in [1.29, 1.82) is 5.26 Å². The largest absolute Gasteiger partial charge is 0.459 e. The lowest BCUT2D eigenvalue weighted by atomic mass is 10.0. The maximum Gasteiger partial charge on any atom is 0.328 e. The Morgan fingerprint density at radius 1 is 1.36 bits per heavy atom. The van der Waals surface area contributed by atoms with E-state index in [4.69, 9.17) is 10.00 Å². The zero-order chi connectivity index (χ0) is 18.2. The van der Waals surface area contributed by atoms with Crippen LogP contribution >= 0.6 is 0 Å². The molecule has 1 aromatic rings. The Balaban J connectivity index is 1.96. The molecule has 134 valence electrons. The van der Waals surface area contributed by atoms with Gasteiger partial charge in [0, 0.05) is 6.54 Å². The summed E-state index contributed by atoms with van der Waals surface area (Å²) < 4.78 is 5.38. The van der Waals surface area contributed by atoms with Crippen molar-refractivity contribution in [2.45, 2.75) is 51.8 Å². The molecule has 1 saturated heterocycles. The first-order valence-electron chi connectivity index (χ1n) is 8.68. The van der Waals surface area contributed by atoms with Crippen LogP contribution in [0.2, 0.25) is 0 Å². The Morgan fingerprint density at radius 2 is 2.08 bits per heavy atom. The topological polar surface area (TPSA) is 82.4 Å². The van der Waals surface area contributed by atoms with E-state index < -0.39 is 18.1 Å². The Bertz CT molecular complexity index is 625. The maximum absolute atomic E-state index is 12.5. The van der Waals surface area contributed by atoms with E-state index in [0.29, 0.717) is 19.4 Å². The molecular formula is C19H25N3O3. The summed E-state index contributed by atoms with van der Waals surface area (Å²) in [6, 6.07) is 8.24. The fraction of sp³-hybridized carbons (Fsp3) is 0.526. The minimum absolute atomic E-state index is 0.178. The van der Waals surface area contributed by atoms with E-state index in [1.165, 1.54) is 4.90 Å². The summed E-state index contributed by atoms with van der Waals surface area (Å²) in [6.45, 7) is 4.74. The summed E-state index contributed by atoms with van der Waals surface area (Å²) in [6.07, 6.45) is 3.98. The SMILES string of the molecule is CC(C)CC(NC(=O)C1CCCN1C#N)C(=O)OCc1ccccc1. The second-order valence-corrected chi connectivity index (χ2v) is 6.74. The van der Waals surface area contributed by atoms with Crippen LogP contribution < -0.4 is 5.32 Å². The minimum atomic E-state index is -0.697. The van der Waals surface area contributed by atoms with Crippen molar-refractivity contribution in [2.75, 3.05) is 6.54 Å². The lowest BCUT2D eigenvalue weighted by molar-refractivity contribution is -0.150. The number of likely N-dealkylation sites (tertiary alicyclic amines) is 1. The number of hydrogen-bond acceptors (Lipinski definition) is 5. The van der Waals surface area contributed by atoms with Crippen LogP contribution in [-0.4, -0.2) is 35.4 Å². The molecule has 1 aromatic carbocycles. The first-order chi connectivity index (χ1) is 12.0. The smallest absolute Gasteiger partial charge is 0.328 e. The Labute approximate surface area is 148 Å². The van der Waals surface area contributed by atoms with Crippen molar-refractivity contribution in [3.05, 3.63) is 35.9 Å². The van der Waals surface area contributed by atoms with Gasteiger partial charge >= 0.3 is 5.97 Å². The zero-order valence-corrected chi connectivity index (χ0v) is 14.8. The van der Waals surface area contributed by atoms with Crippen LogP contribution in [0.25, 0.3) is 0 Å². The molecule has 6 heteroatoms. The van der Waals surface area contributed by atoms with Crippen LogP contribution in [0.15, 0.2) is 30.3 Å². The van der Waals surface area contributed by atoms with E-state index in [2.05, 4.69) is 5.32 Å². The Hall–Kier alpha value is -2.55. The molecule has 1 aliphatic heterocycles. The highest BCUT2D eigenvalue weighted by Gasteiger charge is 2.33. The predicted octanol–water partition coefficient (Wildman–Crippen LogP) is 2.21. The van der Waals surface area contributed by atoms with Crippen molar-refractivity contribution in [3.8, 4) is 6.19 Å². The van der Waals surface area contributed by atoms with Gasteiger partial charge in [-0.2, -0.15) is 5.26 Å². The summed E-state index contributed by atoms with van der Waals surface area (Å²) >= 11 is 0. The second kappa shape index (κ2) is 9.07. The van der Waals surface area contributed by atoms with Gasteiger partial charge in [0.15, 0.2) is 6.19 Å². The molecule has 0 saturated carbocycles. The second-order valence-electron chi connectivity index (χ2n) is 6.74. The molecule has 1 amide bonds. The van der Waals surface area contributed by atoms with Crippen LogP contribution in [0.1, 0.15) is 38.7 Å². The summed E-state index contributed by atoms with van der Waals surface area (Å²) in [7, 11) is 0. The quantitative estimate of drug-likeness (QED) is 0.606. The van der Waals surface area contributed by atoms with Gasteiger partial charge in [-0.15, -0.1) is 0 Å². The molecule has 25 heavy (non-hydrogen) atoms. The molecule has 2 atom stereocenters. The van der Waals surface area contributed by atoms with E-state index in [-0.39, 0.29) is 18.4 Å². The first-order valence-corrected chi connectivity index (χ1v) is 8.68. The third-order valence-corrected chi connectivity index (χ3v) is 4.22. The van der Waals surface area contributed by atoms with Crippen molar-refractivity contribution in [3.63, 3.8) is 0 Å². The molecule has 1 heterocycles. The first kappa shape index (κ1) is 18.8. The van der Waals surface area contributed by atoms with Gasteiger partial charge in [0.05, 0.1) is 0 Å². The highest BCUT2D eigenvalue weighted by Crippen LogP contribution is 2.17. The van der Waals surface area contributed by atoms with Gasteiger partial charge in [0.1, 0.15) is 18.7 Å². The summed E-state index contributed by atoms with van der Waals surface area (Å²) in [5, 5.41) is 11.9. The molecular weight excluding hydrogens is 318 g/mol. The molecule has 0 bridgehead atoms. The van der Waals surface area contributed by atoms with Gasteiger partial charge in [0.2, 0.25) is 5.91 Å². The number of benzene rings is 1. The number of nitrogens with zero attached hydrogens (tertiary/aromatic N) is 2. The average Bonchev–Trinajstić information content (AvgIpc) is 3.08. The van der Waals surface area contributed by atoms with Crippen molar-refractivity contribution >= 4 is 11.9 Å². The molecule has 6 nitrogen and oxygen atoms in total. The zero-order valence-electron chi connectivity index (χ0n) is 14.8. The number of amides is 1. The number of nitriles is 1. The Kier molecular flexibility index (Phi) is 6.81. The number of esters is 1. The number of hydrogen-bond donors (Lipinski definition) is 1. The molecule has 0 aliphatic carbocycles. The van der Waals surface area contributed by atoms with E-state index in [9.17, 15) is 9.59 Å². The highest BCUT2D eigenvalue weighted by molar-refractivity contribution is 5.87. The van der Waals surface area contributed by atoms with E-state index >= 15 is 0 Å². The van der Waals surface area contributed by atoms with E-state index in [0.717, 1.165) is 12.0 Å². The third kappa shape index (κ3) is 5.49. The van der Waals surface area contributed by atoms with Crippen molar-refractivity contribution < 1.29 is 14.3 Å². The summed E-state index contributed by atoms with van der Waals surface area (Å²) in [5.74, 6) is -0.487. The lowest BCUT2D eigenvalue weighted by Crippen LogP contribution is -2.49. The highest BCUT2D eigenvalue weighted by atomic mass is 16.5. The van der Waals surface area contributed by atoms with Gasteiger partial charge in [-0.3, -0.25) is 9.69 Å². The monoisotopic (exact) mass is 343 g/mol. The molecule has 1 aliphatic rings. The molecule has 2 unspecified atom stereocenters. The van der Waals surface area contributed by atoms with E-state index in [1.54, 1.807) is 0 Å². The lowest BCUT2D eigenvalue weighted by Gasteiger charge is -2.23. The number of rotatable bonds is 7. The van der Waals surface area contributed by atoms with Gasteiger partial charge < -0.3 is 10.1 Å². The normalized spacial score (nSPS) is 17.8. The minimum Gasteiger partial charge on any atom is -0.459 e. The predicted molar refractivity (Wildman–Crippen MR) is 93.0 cm³/mol. The van der Waals surface area contributed by atoms with Crippen LogP contribution in [-0.2, 0) is 20.9 Å². The molecule has 0 spiro atoms. The van der Waals surface area contributed by atoms with Gasteiger partial charge in [0.25, 0.3) is 0 Å². The van der Waals surface area contributed by atoms with Crippen molar-refractivity contribution in [2.24, 2.45) is 5.92 Å².